The number of methoxy groups -OCH3 is 1. The monoisotopic (exact) mass is 369 g/mol. The molecular formula is C19H16ClN3O3. The number of carbonyl (C=O) groups is 1. The third-order valence-corrected chi connectivity index (χ3v) is 3.73. The predicted octanol–water partition coefficient (Wildman–Crippen LogP) is 4.37. The van der Waals surface area contributed by atoms with Crippen molar-refractivity contribution in [2.75, 3.05) is 18.2 Å². The number of benzene rings is 2. The number of nitrogens with one attached hydrogen (secondary N) is 1. The van der Waals surface area contributed by atoms with Crippen molar-refractivity contribution in [2.45, 2.75) is 0 Å². The smallest absolute Gasteiger partial charge is 0.255 e. The van der Waals surface area contributed by atoms with Gasteiger partial charge in [-0.15, -0.1) is 0 Å². The Morgan fingerprint density at radius 2 is 1.88 bits per heavy atom. The van der Waals surface area contributed by atoms with Crippen LogP contribution in [0.25, 0.3) is 0 Å². The van der Waals surface area contributed by atoms with Crippen LogP contribution in [0.15, 0.2) is 60.8 Å². The zero-order valence-electron chi connectivity index (χ0n) is 13.9. The van der Waals surface area contributed by atoms with E-state index in [2.05, 4.69) is 10.3 Å². The van der Waals surface area contributed by atoms with Crippen LogP contribution in [0.5, 0.6) is 17.2 Å². The van der Waals surface area contributed by atoms with Gasteiger partial charge in [-0.1, -0.05) is 17.7 Å². The predicted molar refractivity (Wildman–Crippen MR) is 101 cm³/mol. The molecule has 0 unspecified atom stereocenters. The Kier molecular flexibility index (Phi) is 5.24. The van der Waals surface area contributed by atoms with Crippen LogP contribution in [0.3, 0.4) is 0 Å². The number of anilines is 2. The van der Waals surface area contributed by atoms with Crippen molar-refractivity contribution in [1.82, 2.24) is 4.98 Å². The molecule has 1 amide bonds. The zero-order valence-corrected chi connectivity index (χ0v) is 14.7. The maximum atomic E-state index is 12.3. The second kappa shape index (κ2) is 7.76. The summed E-state index contributed by atoms with van der Waals surface area (Å²) >= 11 is 5.89. The Bertz CT molecular complexity index is 930. The highest BCUT2D eigenvalue weighted by molar-refractivity contribution is 6.30. The molecule has 132 valence electrons. The van der Waals surface area contributed by atoms with Gasteiger partial charge in [0.05, 0.1) is 12.1 Å². The van der Waals surface area contributed by atoms with Gasteiger partial charge in [0.15, 0.2) is 11.6 Å². The molecule has 2 aromatic carbocycles. The Labute approximate surface area is 155 Å². The summed E-state index contributed by atoms with van der Waals surface area (Å²) in [7, 11) is 1.55. The lowest BCUT2D eigenvalue weighted by molar-refractivity contribution is 0.102. The lowest BCUT2D eigenvalue weighted by Crippen LogP contribution is -2.11. The number of halogens is 1. The topological polar surface area (TPSA) is 86.5 Å². The first kappa shape index (κ1) is 17.6. The van der Waals surface area contributed by atoms with E-state index in [9.17, 15) is 4.79 Å². The fourth-order valence-electron chi connectivity index (χ4n) is 2.21. The van der Waals surface area contributed by atoms with Crippen molar-refractivity contribution in [2.24, 2.45) is 0 Å². The van der Waals surface area contributed by atoms with Crippen LogP contribution >= 0.6 is 11.6 Å². The minimum atomic E-state index is -0.235. The Morgan fingerprint density at radius 3 is 2.62 bits per heavy atom. The lowest BCUT2D eigenvalue weighted by atomic mass is 10.2. The Hall–Kier alpha value is -3.25. The summed E-state index contributed by atoms with van der Waals surface area (Å²) in [6.07, 6.45) is 1.45. The molecule has 0 aliphatic heterocycles. The van der Waals surface area contributed by atoms with Gasteiger partial charge >= 0.3 is 0 Å². The fraction of sp³-hybridized carbons (Fsp3) is 0.0526. The number of rotatable bonds is 5. The summed E-state index contributed by atoms with van der Waals surface area (Å²) in [4.78, 5) is 16.2. The van der Waals surface area contributed by atoms with E-state index in [4.69, 9.17) is 26.8 Å². The van der Waals surface area contributed by atoms with E-state index in [-0.39, 0.29) is 11.7 Å². The van der Waals surface area contributed by atoms with Crippen molar-refractivity contribution >= 4 is 29.0 Å². The number of pyridine rings is 1. The second-order valence-electron chi connectivity index (χ2n) is 5.35. The third kappa shape index (κ3) is 4.23. The van der Waals surface area contributed by atoms with Gasteiger partial charge in [0.2, 0.25) is 0 Å². The summed E-state index contributed by atoms with van der Waals surface area (Å²) in [5, 5.41) is 3.24. The van der Waals surface area contributed by atoms with Gasteiger partial charge < -0.3 is 20.5 Å². The summed E-state index contributed by atoms with van der Waals surface area (Å²) < 4.78 is 10.8. The van der Waals surface area contributed by atoms with Crippen LogP contribution in [0.1, 0.15) is 10.4 Å². The molecule has 0 aliphatic rings. The quantitative estimate of drug-likeness (QED) is 0.697. The molecule has 3 N–H and O–H groups in total. The second-order valence-corrected chi connectivity index (χ2v) is 5.79. The van der Waals surface area contributed by atoms with E-state index in [1.54, 1.807) is 61.7 Å². The molecule has 1 aromatic heterocycles. The summed E-state index contributed by atoms with van der Waals surface area (Å²) in [5.41, 5.74) is 6.89. The number of carbonyl (C=O) groups excluding carboxylic acids is 1. The lowest BCUT2D eigenvalue weighted by Gasteiger charge is -2.10. The van der Waals surface area contributed by atoms with E-state index in [1.807, 2.05) is 0 Å². The molecule has 0 aliphatic carbocycles. The van der Waals surface area contributed by atoms with Crippen LogP contribution in [-0.2, 0) is 0 Å². The molecule has 0 bridgehead atoms. The summed E-state index contributed by atoms with van der Waals surface area (Å²) in [6, 6.07) is 15.4. The highest BCUT2D eigenvalue weighted by atomic mass is 35.5. The average molecular weight is 370 g/mol. The van der Waals surface area contributed by atoms with E-state index in [0.29, 0.717) is 33.5 Å². The number of nitrogen functional groups attached to an aromatic ring is 1. The molecule has 0 saturated heterocycles. The van der Waals surface area contributed by atoms with Crippen LogP contribution in [-0.4, -0.2) is 18.0 Å². The molecule has 7 heteroatoms. The Balaban J connectivity index is 1.69. The molecule has 3 aromatic rings. The van der Waals surface area contributed by atoms with Crippen LogP contribution in [0, 0.1) is 0 Å². The van der Waals surface area contributed by atoms with Gasteiger partial charge in [-0.3, -0.25) is 4.79 Å². The molecule has 0 atom stereocenters. The number of nitrogens with zero attached hydrogens (tertiary/aromatic N) is 1. The number of hydrogen-bond acceptors (Lipinski definition) is 5. The third-order valence-electron chi connectivity index (χ3n) is 3.52. The number of nitrogens with two attached hydrogens (primary N) is 1. The van der Waals surface area contributed by atoms with Crippen molar-refractivity contribution in [3.63, 3.8) is 0 Å². The minimum absolute atomic E-state index is 0.235. The van der Waals surface area contributed by atoms with Crippen LogP contribution < -0.4 is 20.5 Å². The molecule has 6 nitrogen and oxygen atoms in total. The maximum absolute atomic E-state index is 12.3. The highest BCUT2D eigenvalue weighted by Crippen LogP contribution is 2.29. The number of aromatic nitrogens is 1. The SMILES string of the molecule is COc1cccc(C(=O)Nc2ccc(Oc3cc(Cl)cnc3N)cc2)c1. The van der Waals surface area contributed by atoms with Crippen molar-refractivity contribution in [1.29, 1.82) is 0 Å². The zero-order chi connectivity index (χ0) is 18.5. The molecule has 0 fully saturated rings. The van der Waals surface area contributed by atoms with Crippen molar-refractivity contribution in [3.8, 4) is 17.2 Å². The first-order valence-corrected chi connectivity index (χ1v) is 8.07. The average Bonchev–Trinajstić information content (AvgIpc) is 2.66. The molecule has 0 radical (unpaired) electrons. The van der Waals surface area contributed by atoms with E-state index in [0.717, 1.165) is 0 Å². The molecule has 3 rings (SSSR count). The number of hydrogen-bond donors (Lipinski definition) is 2. The van der Waals surface area contributed by atoms with E-state index in [1.165, 1.54) is 6.20 Å². The van der Waals surface area contributed by atoms with E-state index >= 15 is 0 Å². The molecular weight excluding hydrogens is 354 g/mol. The molecule has 1 heterocycles. The molecule has 26 heavy (non-hydrogen) atoms. The van der Waals surface area contributed by atoms with Crippen molar-refractivity contribution < 1.29 is 14.3 Å². The van der Waals surface area contributed by atoms with Gasteiger partial charge in [-0.25, -0.2) is 4.98 Å². The standard InChI is InChI=1S/C19H16ClN3O3/c1-25-16-4-2-3-12(9-16)19(24)23-14-5-7-15(8-6-14)26-17-10-13(20)11-22-18(17)21/h2-11H,1H3,(H2,21,22)(H,23,24). The molecule has 0 spiro atoms. The Morgan fingerprint density at radius 1 is 1.12 bits per heavy atom. The summed E-state index contributed by atoms with van der Waals surface area (Å²) in [5.74, 6) is 1.53. The summed E-state index contributed by atoms with van der Waals surface area (Å²) in [6.45, 7) is 0. The van der Waals surface area contributed by atoms with E-state index < -0.39 is 0 Å². The normalized spacial score (nSPS) is 10.2. The number of ether oxygens (including phenoxy) is 2. The van der Waals surface area contributed by atoms with Gasteiger partial charge in [0.25, 0.3) is 5.91 Å². The van der Waals surface area contributed by atoms with Crippen LogP contribution in [0.4, 0.5) is 11.5 Å². The maximum Gasteiger partial charge on any atom is 0.255 e. The largest absolute Gasteiger partial charge is 0.497 e. The number of amides is 1. The first-order chi connectivity index (χ1) is 12.5. The van der Waals surface area contributed by atoms with Crippen molar-refractivity contribution in [3.05, 3.63) is 71.4 Å². The fourth-order valence-corrected chi connectivity index (χ4v) is 2.36. The van der Waals surface area contributed by atoms with Gasteiger partial charge in [-0.05, 0) is 42.5 Å². The van der Waals surface area contributed by atoms with Gasteiger partial charge in [0.1, 0.15) is 11.5 Å². The minimum Gasteiger partial charge on any atom is -0.497 e. The molecule has 0 saturated carbocycles. The van der Waals surface area contributed by atoms with Gasteiger partial charge in [-0.2, -0.15) is 0 Å². The van der Waals surface area contributed by atoms with Gasteiger partial charge in [0, 0.05) is 23.5 Å². The first-order valence-electron chi connectivity index (χ1n) is 7.69. The van der Waals surface area contributed by atoms with Crippen LogP contribution in [0.2, 0.25) is 5.02 Å². The highest BCUT2D eigenvalue weighted by Gasteiger charge is 2.08.